The van der Waals surface area contributed by atoms with Gasteiger partial charge in [0, 0.05) is 13.0 Å². The summed E-state index contributed by atoms with van der Waals surface area (Å²) in [4.78, 5) is 23.8. The lowest BCUT2D eigenvalue weighted by Crippen LogP contribution is -2.39. The molecule has 0 aliphatic carbocycles. The Hall–Kier alpha value is -2.41. The van der Waals surface area contributed by atoms with Crippen molar-refractivity contribution in [1.82, 2.24) is 0 Å². The van der Waals surface area contributed by atoms with Crippen molar-refractivity contribution in [2.75, 3.05) is 18.2 Å². The number of esters is 1. The first kappa shape index (κ1) is 15.5. The molecule has 1 aromatic rings. The molecule has 1 saturated heterocycles. The molecule has 23 heavy (non-hydrogen) atoms. The molecule has 1 aromatic carbocycles. The van der Waals surface area contributed by atoms with Gasteiger partial charge in [0.15, 0.2) is 0 Å². The van der Waals surface area contributed by atoms with Crippen LogP contribution in [-0.4, -0.2) is 42.9 Å². The van der Waals surface area contributed by atoms with Gasteiger partial charge >= 0.3 is 5.97 Å². The maximum absolute atomic E-state index is 12.2. The summed E-state index contributed by atoms with van der Waals surface area (Å²) in [5.74, 6) is -1.05. The van der Waals surface area contributed by atoms with Crippen LogP contribution in [0.25, 0.3) is 0 Å². The van der Waals surface area contributed by atoms with Crippen LogP contribution in [-0.2, 0) is 19.1 Å². The van der Waals surface area contributed by atoms with Crippen molar-refractivity contribution in [1.29, 1.82) is 0 Å². The molecule has 2 N–H and O–H groups in total. The first-order valence-electron chi connectivity index (χ1n) is 7.65. The van der Waals surface area contributed by atoms with Crippen LogP contribution >= 0.6 is 0 Å². The summed E-state index contributed by atoms with van der Waals surface area (Å²) in [6.45, 7) is 0.916. The number of carbonyl (C=O) groups is 2. The van der Waals surface area contributed by atoms with Gasteiger partial charge in [0.2, 0.25) is 5.91 Å². The Balaban J connectivity index is 1.69. The second-order valence-corrected chi connectivity index (χ2v) is 5.58. The van der Waals surface area contributed by atoms with Gasteiger partial charge in [0.1, 0.15) is 18.4 Å². The highest BCUT2D eigenvalue weighted by atomic mass is 16.6. The zero-order valence-corrected chi connectivity index (χ0v) is 12.7. The van der Waals surface area contributed by atoms with Crippen LogP contribution in [0.15, 0.2) is 35.4 Å². The van der Waals surface area contributed by atoms with E-state index >= 15 is 0 Å². The number of carbonyl (C=O) groups excluding carboxylic acids is 2. The van der Waals surface area contributed by atoms with Crippen molar-refractivity contribution in [3.05, 3.63) is 30.3 Å². The molecule has 1 fully saturated rings. The minimum absolute atomic E-state index is 0.0434. The zero-order chi connectivity index (χ0) is 16.2. The van der Waals surface area contributed by atoms with Crippen LogP contribution in [0.2, 0.25) is 0 Å². The average molecular weight is 317 g/mol. The average Bonchev–Trinajstić information content (AvgIpc) is 3.23. The third-order valence-corrected chi connectivity index (χ3v) is 3.92. The third kappa shape index (κ3) is 3.50. The number of nitrogens with zero attached hydrogens (tertiary/aromatic N) is 2. The van der Waals surface area contributed by atoms with Gasteiger partial charge in [-0.1, -0.05) is 18.2 Å². The van der Waals surface area contributed by atoms with E-state index < -0.39 is 17.9 Å². The molecule has 3 rings (SSSR count). The monoisotopic (exact) mass is 317 g/mol. The molecule has 2 atom stereocenters. The lowest BCUT2D eigenvalue weighted by molar-refractivity contribution is -0.138. The quantitative estimate of drug-likeness (QED) is 0.812. The Bertz CT molecular complexity index is 611. The van der Waals surface area contributed by atoms with E-state index in [1.165, 1.54) is 5.01 Å². The summed E-state index contributed by atoms with van der Waals surface area (Å²) in [5.41, 5.74) is 6.35. The molecule has 7 nitrogen and oxygen atoms in total. The van der Waals surface area contributed by atoms with E-state index in [1.54, 1.807) is 12.1 Å². The largest absolute Gasteiger partial charge is 0.458 e. The molecule has 0 bridgehead atoms. The SMILES string of the molecule is NC(=O)[C@@H]1CC(C(=O)OC[C@H]2CCCO2)=NN1c1ccccc1. The number of hydrogen-bond acceptors (Lipinski definition) is 6. The minimum Gasteiger partial charge on any atom is -0.458 e. The number of hydrazone groups is 1. The molecule has 122 valence electrons. The fourth-order valence-corrected chi connectivity index (χ4v) is 2.70. The van der Waals surface area contributed by atoms with Crippen molar-refractivity contribution in [3.8, 4) is 0 Å². The summed E-state index contributed by atoms with van der Waals surface area (Å²) >= 11 is 0. The fourth-order valence-electron chi connectivity index (χ4n) is 2.70. The van der Waals surface area contributed by atoms with E-state index in [0.717, 1.165) is 12.8 Å². The lowest BCUT2D eigenvalue weighted by Gasteiger charge is -2.20. The van der Waals surface area contributed by atoms with E-state index in [9.17, 15) is 9.59 Å². The summed E-state index contributed by atoms with van der Waals surface area (Å²) in [6, 6.07) is 8.45. The number of para-hydroxylation sites is 1. The zero-order valence-electron chi connectivity index (χ0n) is 12.7. The van der Waals surface area contributed by atoms with Gasteiger partial charge in [-0.2, -0.15) is 5.10 Å². The van der Waals surface area contributed by atoms with Crippen LogP contribution < -0.4 is 10.7 Å². The fraction of sp³-hybridized carbons (Fsp3) is 0.438. The third-order valence-electron chi connectivity index (χ3n) is 3.92. The van der Waals surface area contributed by atoms with Crippen LogP contribution in [0.3, 0.4) is 0 Å². The van der Waals surface area contributed by atoms with Crippen molar-refractivity contribution in [3.63, 3.8) is 0 Å². The maximum atomic E-state index is 12.2. The van der Waals surface area contributed by atoms with Crippen LogP contribution in [0, 0.1) is 0 Å². The van der Waals surface area contributed by atoms with E-state index in [1.807, 2.05) is 18.2 Å². The number of anilines is 1. The molecule has 0 unspecified atom stereocenters. The van der Waals surface area contributed by atoms with E-state index in [2.05, 4.69) is 5.10 Å². The predicted molar refractivity (Wildman–Crippen MR) is 83.9 cm³/mol. The van der Waals surface area contributed by atoms with Gasteiger partial charge in [0.05, 0.1) is 11.8 Å². The highest BCUT2D eigenvalue weighted by molar-refractivity contribution is 6.38. The Kier molecular flexibility index (Phi) is 4.57. The normalized spacial score (nSPS) is 23.7. The van der Waals surface area contributed by atoms with E-state index in [-0.39, 0.29) is 24.8 Å². The molecular weight excluding hydrogens is 298 g/mol. The molecule has 0 aromatic heterocycles. The van der Waals surface area contributed by atoms with Gasteiger partial charge in [-0.15, -0.1) is 0 Å². The number of amides is 1. The second-order valence-electron chi connectivity index (χ2n) is 5.58. The Labute approximate surface area is 134 Å². The van der Waals surface area contributed by atoms with Gasteiger partial charge in [0.25, 0.3) is 0 Å². The first-order valence-corrected chi connectivity index (χ1v) is 7.65. The smallest absolute Gasteiger partial charge is 0.354 e. The van der Waals surface area contributed by atoms with Crippen LogP contribution in [0.5, 0.6) is 0 Å². The molecular formula is C16H19N3O4. The van der Waals surface area contributed by atoms with Gasteiger partial charge < -0.3 is 15.2 Å². The molecule has 2 aliphatic rings. The summed E-state index contributed by atoms with van der Waals surface area (Å²) in [5, 5.41) is 5.72. The standard InChI is InChI=1S/C16H19N3O4/c17-15(20)14-9-13(16(21)23-10-12-7-4-8-22-12)18-19(14)11-5-2-1-3-6-11/h1-3,5-6,12,14H,4,7-10H2,(H2,17,20)/t12-,14+/m1/s1. The number of benzene rings is 1. The molecule has 0 radical (unpaired) electrons. The maximum Gasteiger partial charge on any atom is 0.354 e. The number of nitrogens with two attached hydrogens (primary N) is 1. The molecule has 0 spiro atoms. The van der Waals surface area contributed by atoms with E-state index in [4.69, 9.17) is 15.2 Å². The summed E-state index contributed by atoms with van der Waals surface area (Å²) in [6.07, 6.45) is 1.97. The van der Waals surface area contributed by atoms with Gasteiger partial charge in [-0.25, -0.2) is 4.79 Å². The Morgan fingerprint density at radius 2 is 2.13 bits per heavy atom. The summed E-state index contributed by atoms with van der Waals surface area (Å²) in [7, 11) is 0. The second kappa shape index (κ2) is 6.78. The molecule has 2 aliphatic heterocycles. The highest BCUT2D eigenvalue weighted by Crippen LogP contribution is 2.24. The molecule has 2 heterocycles. The first-order chi connectivity index (χ1) is 11.1. The summed E-state index contributed by atoms with van der Waals surface area (Å²) < 4.78 is 10.7. The molecule has 7 heteroatoms. The topological polar surface area (TPSA) is 94.2 Å². The van der Waals surface area contributed by atoms with Gasteiger partial charge in [-0.3, -0.25) is 9.80 Å². The predicted octanol–water partition coefficient (Wildman–Crippen LogP) is 0.829. The number of primary amides is 1. The number of ether oxygens (including phenoxy) is 2. The number of rotatable bonds is 5. The Morgan fingerprint density at radius 3 is 2.78 bits per heavy atom. The van der Waals surface area contributed by atoms with E-state index in [0.29, 0.717) is 12.3 Å². The Morgan fingerprint density at radius 1 is 1.35 bits per heavy atom. The van der Waals surface area contributed by atoms with Crippen molar-refractivity contribution in [2.24, 2.45) is 10.8 Å². The van der Waals surface area contributed by atoms with Crippen LogP contribution in [0.4, 0.5) is 5.69 Å². The molecule has 1 amide bonds. The minimum atomic E-state index is -0.678. The number of hydrogen-bond donors (Lipinski definition) is 1. The highest BCUT2D eigenvalue weighted by Gasteiger charge is 2.35. The van der Waals surface area contributed by atoms with Crippen molar-refractivity contribution in [2.45, 2.75) is 31.4 Å². The van der Waals surface area contributed by atoms with Crippen molar-refractivity contribution >= 4 is 23.3 Å². The lowest BCUT2D eigenvalue weighted by atomic mass is 10.1. The van der Waals surface area contributed by atoms with Crippen LogP contribution in [0.1, 0.15) is 19.3 Å². The molecule has 0 saturated carbocycles. The van der Waals surface area contributed by atoms with Gasteiger partial charge in [-0.05, 0) is 25.0 Å². The van der Waals surface area contributed by atoms with Crippen molar-refractivity contribution < 1.29 is 19.1 Å².